The third-order valence-electron chi connectivity index (χ3n) is 11.7. The Morgan fingerprint density at radius 1 is 1.06 bits per heavy atom. The summed E-state index contributed by atoms with van der Waals surface area (Å²) in [5, 5.41) is 29.1. The average Bonchev–Trinajstić information content (AvgIpc) is 3.48. The van der Waals surface area contributed by atoms with Crippen LogP contribution in [0.5, 0.6) is 5.75 Å². The molecule has 0 unspecified atom stereocenters. The molecular weight excluding hydrogens is 618 g/mol. The summed E-state index contributed by atoms with van der Waals surface area (Å²) >= 11 is 0. The normalized spacial score (nSPS) is 27.9. The van der Waals surface area contributed by atoms with Crippen LogP contribution in [0.1, 0.15) is 62.0 Å². The predicted molar refractivity (Wildman–Crippen MR) is 188 cm³/mol. The summed E-state index contributed by atoms with van der Waals surface area (Å²) < 4.78 is 5.97. The number of hydrogen-bond donors (Lipinski definition) is 4. The van der Waals surface area contributed by atoms with Crippen LogP contribution in [-0.2, 0) is 22.6 Å². The number of hydroxylamine groups is 2. The lowest BCUT2D eigenvalue weighted by Crippen LogP contribution is -2.62. The van der Waals surface area contributed by atoms with E-state index < -0.39 is 24.2 Å². The summed E-state index contributed by atoms with van der Waals surface area (Å²) in [6.45, 7) is 8.94. The molecule has 4 fully saturated rings. The standard InChI is InChI=1S/C40H51N3O6/c1-24-32-20-30(40(32,3)4)21-33(24)42-39(47)36-35(25(2)45)34(23-44)49-43(36)22-29-15-10-16-31(37(29)48-5)27-13-9-14-28(19-27)38(46)41-18-17-26-11-7-6-8-12-26/h6-16,19,24-25,30,32-36,44-45H,17-18,20-23H2,1-5H3,(H,41,46)(H,42,47)/t24-,25-,30-,32+,33-,34-,35+,36-/m0/s1. The number of benzene rings is 3. The molecule has 1 aliphatic heterocycles. The Morgan fingerprint density at radius 2 is 1.82 bits per heavy atom. The van der Waals surface area contributed by atoms with Crippen LogP contribution < -0.4 is 15.4 Å². The summed E-state index contributed by atoms with van der Waals surface area (Å²) in [4.78, 5) is 33.4. The summed E-state index contributed by atoms with van der Waals surface area (Å²) in [7, 11) is 1.60. The Labute approximate surface area is 290 Å². The van der Waals surface area contributed by atoms with E-state index >= 15 is 0 Å². The van der Waals surface area contributed by atoms with Gasteiger partial charge in [0.1, 0.15) is 17.9 Å². The van der Waals surface area contributed by atoms with E-state index in [1.807, 2.05) is 66.7 Å². The van der Waals surface area contributed by atoms with Gasteiger partial charge in [-0.25, -0.2) is 0 Å². The minimum absolute atomic E-state index is 0.0506. The highest BCUT2D eigenvalue weighted by atomic mass is 16.7. The highest BCUT2D eigenvalue weighted by molar-refractivity contribution is 5.95. The third-order valence-corrected chi connectivity index (χ3v) is 11.7. The quantitative estimate of drug-likeness (QED) is 0.215. The van der Waals surface area contributed by atoms with E-state index in [1.54, 1.807) is 25.2 Å². The first-order valence-electron chi connectivity index (χ1n) is 17.6. The first-order chi connectivity index (χ1) is 23.5. The zero-order chi connectivity index (χ0) is 34.9. The molecule has 0 radical (unpaired) electrons. The molecule has 2 amide bonds. The number of hydrogen-bond acceptors (Lipinski definition) is 7. The number of rotatable bonds is 12. The van der Waals surface area contributed by atoms with Gasteiger partial charge >= 0.3 is 0 Å². The Kier molecular flexibility index (Phi) is 10.5. The second-order valence-electron chi connectivity index (χ2n) is 14.8. The molecule has 7 rings (SSSR count). The molecule has 1 saturated heterocycles. The van der Waals surface area contributed by atoms with Crippen LogP contribution in [0.15, 0.2) is 72.8 Å². The van der Waals surface area contributed by atoms with E-state index in [4.69, 9.17) is 9.57 Å². The van der Waals surface area contributed by atoms with Crippen molar-refractivity contribution in [2.75, 3.05) is 20.3 Å². The third kappa shape index (κ3) is 6.99. The van der Waals surface area contributed by atoms with Gasteiger partial charge in [-0.2, -0.15) is 5.06 Å². The second-order valence-corrected chi connectivity index (χ2v) is 14.8. The molecule has 1 heterocycles. The molecule has 9 nitrogen and oxygen atoms in total. The van der Waals surface area contributed by atoms with Crippen LogP contribution in [0.3, 0.4) is 0 Å². The minimum atomic E-state index is -0.885. The maximum Gasteiger partial charge on any atom is 0.251 e. The summed E-state index contributed by atoms with van der Waals surface area (Å²) in [6.07, 6.45) is 1.26. The molecule has 3 aromatic rings. The Hall–Kier alpha value is -3.76. The number of fused-ring (bicyclic) bond motifs is 2. The molecule has 0 aromatic heterocycles. The maximum atomic E-state index is 14.1. The predicted octanol–water partition coefficient (Wildman–Crippen LogP) is 5.00. The fraction of sp³-hybridized carbons (Fsp3) is 0.500. The van der Waals surface area contributed by atoms with Crippen molar-refractivity contribution in [1.82, 2.24) is 15.7 Å². The SMILES string of the molecule is COc1c(CN2O[C@@H](CO)[C@@H]([C@H](C)O)[C@H]2C(=O)N[C@H]2C[C@@H]3C[C@H]([C@@H]2C)C3(C)C)cccc1-c1cccc(C(=O)NCCc2ccccc2)c1. The van der Waals surface area contributed by atoms with Gasteiger partial charge in [0.05, 0.1) is 26.4 Å². The van der Waals surface area contributed by atoms with Crippen molar-refractivity contribution in [1.29, 1.82) is 0 Å². The molecule has 4 aliphatic rings. The number of aliphatic hydroxyl groups excluding tert-OH is 2. The van der Waals surface area contributed by atoms with E-state index in [2.05, 4.69) is 31.4 Å². The number of methoxy groups -OCH3 is 1. The Morgan fingerprint density at radius 3 is 2.49 bits per heavy atom. The lowest BCUT2D eigenvalue weighted by atomic mass is 9.45. The number of carbonyl (C=O) groups is 2. The molecular formula is C40H51N3O6. The minimum Gasteiger partial charge on any atom is -0.496 e. The first-order valence-corrected chi connectivity index (χ1v) is 17.6. The van der Waals surface area contributed by atoms with Crippen LogP contribution in [0.2, 0.25) is 0 Å². The average molecular weight is 670 g/mol. The van der Waals surface area contributed by atoms with Crippen molar-refractivity contribution in [3.05, 3.63) is 89.5 Å². The molecule has 3 saturated carbocycles. The monoisotopic (exact) mass is 669 g/mol. The van der Waals surface area contributed by atoms with Crippen molar-refractivity contribution in [3.63, 3.8) is 0 Å². The maximum absolute atomic E-state index is 14.1. The zero-order valence-corrected chi connectivity index (χ0v) is 29.3. The fourth-order valence-corrected chi connectivity index (χ4v) is 8.72. The van der Waals surface area contributed by atoms with E-state index in [1.165, 1.54) is 6.42 Å². The number of nitrogens with zero attached hydrogens (tertiary/aromatic N) is 1. The first kappa shape index (κ1) is 35.1. The molecule has 3 aromatic carbocycles. The van der Waals surface area contributed by atoms with Crippen LogP contribution in [0, 0.1) is 29.1 Å². The van der Waals surface area contributed by atoms with Crippen molar-refractivity contribution < 1.29 is 29.4 Å². The zero-order valence-electron chi connectivity index (χ0n) is 29.3. The molecule has 3 aliphatic carbocycles. The van der Waals surface area contributed by atoms with Crippen molar-refractivity contribution >= 4 is 11.8 Å². The summed E-state index contributed by atoms with van der Waals surface area (Å²) in [5.74, 6) is 1.11. The van der Waals surface area contributed by atoms with Crippen molar-refractivity contribution in [2.45, 2.75) is 77.8 Å². The van der Waals surface area contributed by atoms with Gasteiger partial charge in [-0.05, 0) is 72.6 Å². The summed E-state index contributed by atoms with van der Waals surface area (Å²) in [5.41, 5.74) is 4.37. The van der Waals surface area contributed by atoms with Gasteiger partial charge in [0, 0.05) is 35.2 Å². The second kappa shape index (κ2) is 14.6. The lowest BCUT2D eigenvalue weighted by molar-refractivity contribution is -0.183. The number of aliphatic hydroxyl groups is 2. The van der Waals surface area contributed by atoms with Gasteiger partial charge < -0.3 is 25.6 Å². The van der Waals surface area contributed by atoms with Crippen molar-refractivity contribution in [3.8, 4) is 16.9 Å². The molecule has 0 spiro atoms. The molecule has 262 valence electrons. The topological polar surface area (TPSA) is 120 Å². The number of carbonyl (C=O) groups excluding carboxylic acids is 2. The fourth-order valence-electron chi connectivity index (χ4n) is 8.72. The lowest BCUT2D eigenvalue weighted by Gasteiger charge is -2.62. The van der Waals surface area contributed by atoms with Gasteiger partial charge in [-0.15, -0.1) is 0 Å². The van der Waals surface area contributed by atoms with Crippen LogP contribution in [-0.4, -0.2) is 71.6 Å². The number of para-hydroxylation sites is 1. The number of ether oxygens (including phenoxy) is 1. The molecule has 49 heavy (non-hydrogen) atoms. The van der Waals surface area contributed by atoms with Gasteiger partial charge in [-0.3, -0.25) is 14.4 Å². The molecule has 4 N–H and O–H groups in total. The van der Waals surface area contributed by atoms with Crippen molar-refractivity contribution in [2.24, 2.45) is 29.1 Å². The van der Waals surface area contributed by atoms with Gasteiger partial charge in [0.15, 0.2) is 0 Å². The van der Waals surface area contributed by atoms with Gasteiger partial charge in [0.2, 0.25) is 5.91 Å². The highest BCUT2D eigenvalue weighted by Crippen LogP contribution is 2.61. The largest absolute Gasteiger partial charge is 0.496 e. The van der Waals surface area contributed by atoms with Gasteiger partial charge in [0.25, 0.3) is 5.91 Å². The van der Waals surface area contributed by atoms with E-state index in [0.717, 1.165) is 35.1 Å². The Balaban J connectivity index is 1.21. The smallest absolute Gasteiger partial charge is 0.251 e. The van der Waals surface area contributed by atoms with Crippen LogP contribution in [0.25, 0.3) is 11.1 Å². The highest BCUT2D eigenvalue weighted by Gasteiger charge is 2.57. The van der Waals surface area contributed by atoms with Crippen LogP contribution in [0.4, 0.5) is 0 Å². The Bertz CT molecular complexity index is 1630. The van der Waals surface area contributed by atoms with Crippen LogP contribution >= 0.6 is 0 Å². The van der Waals surface area contributed by atoms with E-state index in [9.17, 15) is 19.8 Å². The molecule has 9 heteroatoms. The molecule has 8 atom stereocenters. The number of nitrogens with one attached hydrogen (secondary N) is 2. The number of amides is 2. The van der Waals surface area contributed by atoms with E-state index in [0.29, 0.717) is 41.0 Å². The van der Waals surface area contributed by atoms with Gasteiger partial charge in [-0.1, -0.05) is 81.4 Å². The summed E-state index contributed by atoms with van der Waals surface area (Å²) in [6, 6.07) is 22.5. The van der Waals surface area contributed by atoms with E-state index in [-0.39, 0.29) is 31.0 Å². The molecule has 2 bridgehead atoms.